The fraction of sp³-hybridized carbons (Fsp3) is 0.706. The second kappa shape index (κ2) is 8.39. The van der Waals surface area contributed by atoms with Crippen molar-refractivity contribution in [2.24, 2.45) is 5.92 Å². The van der Waals surface area contributed by atoms with E-state index in [0.717, 1.165) is 31.7 Å². The first-order valence-electron chi connectivity index (χ1n) is 9.35. The Morgan fingerprint density at radius 2 is 1.85 bits per heavy atom. The van der Waals surface area contributed by atoms with Crippen molar-refractivity contribution in [3.05, 3.63) is 12.3 Å². The topological polar surface area (TPSA) is 98.7 Å². The van der Waals surface area contributed by atoms with Crippen LogP contribution in [-0.4, -0.2) is 86.1 Å². The summed E-state index contributed by atoms with van der Waals surface area (Å²) in [6, 6.07) is 1.91. The van der Waals surface area contributed by atoms with Crippen LogP contribution in [0.3, 0.4) is 0 Å². The van der Waals surface area contributed by atoms with Crippen LogP contribution >= 0.6 is 0 Å². The Hall–Kier alpha value is -1.94. The van der Waals surface area contributed by atoms with Gasteiger partial charge in [0.15, 0.2) is 0 Å². The lowest BCUT2D eigenvalue weighted by atomic mass is 9.93. The van der Waals surface area contributed by atoms with E-state index in [1.807, 2.05) is 6.07 Å². The zero-order valence-electron chi connectivity index (χ0n) is 16.0. The Morgan fingerprint density at radius 3 is 2.44 bits per heavy atom. The lowest BCUT2D eigenvalue weighted by Crippen LogP contribution is -2.50. The van der Waals surface area contributed by atoms with E-state index in [9.17, 15) is 13.2 Å². The quantitative estimate of drug-likeness (QED) is 0.761. The Bertz CT molecular complexity index is 756. The number of rotatable bonds is 5. The number of hydrogen-bond donors (Lipinski definition) is 1. The third-order valence-electron chi connectivity index (χ3n) is 5.33. The third kappa shape index (κ3) is 5.07. The van der Waals surface area contributed by atoms with E-state index >= 15 is 0 Å². The van der Waals surface area contributed by atoms with Crippen molar-refractivity contribution in [1.82, 2.24) is 19.2 Å². The molecule has 0 aliphatic carbocycles. The van der Waals surface area contributed by atoms with Crippen LogP contribution in [0.1, 0.15) is 19.3 Å². The third-order valence-corrected chi connectivity index (χ3v) is 6.63. The van der Waals surface area contributed by atoms with Crippen LogP contribution < -0.4 is 10.2 Å². The highest BCUT2D eigenvalue weighted by Gasteiger charge is 2.28. The minimum atomic E-state index is -3.16. The fourth-order valence-electron chi connectivity index (χ4n) is 3.66. The largest absolute Gasteiger partial charge is 0.357 e. The van der Waals surface area contributed by atoms with Crippen LogP contribution in [0.2, 0.25) is 0 Å². The molecule has 0 bridgehead atoms. The van der Waals surface area contributed by atoms with E-state index in [1.165, 1.54) is 10.6 Å². The second-order valence-electron chi connectivity index (χ2n) is 7.17. The van der Waals surface area contributed by atoms with Gasteiger partial charge in [0.2, 0.25) is 21.9 Å². The van der Waals surface area contributed by atoms with E-state index < -0.39 is 10.0 Å². The van der Waals surface area contributed by atoms with Crippen LogP contribution in [0, 0.1) is 5.92 Å². The number of nitrogens with zero attached hydrogens (tertiary/aromatic N) is 5. The van der Waals surface area contributed by atoms with Crippen LogP contribution in [0.4, 0.5) is 11.8 Å². The van der Waals surface area contributed by atoms with Crippen molar-refractivity contribution >= 4 is 27.7 Å². The van der Waals surface area contributed by atoms with Crippen LogP contribution in [0.5, 0.6) is 0 Å². The number of hydrogen-bond acceptors (Lipinski definition) is 7. The molecule has 27 heavy (non-hydrogen) atoms. The van der Waals surface area contributed by atoms with Gasteiger partial charge >= 0.3 is 0 Å². The maximum absolute atomic E-state index is 12.6. The summed E-state index contributed by atoms with van der Waals surface area (Å²) in [6.07, 6.45) is 5.41. The predicted molar refractivity (Wildman–Crippen MR) is 104 cm³/mol. The van der Waals surface area contributed by atoms with Gasteiger partial charge in [0, 0.05) is 58.9 Å². The summed E-state index contributed by atoms with van der Waals surface area (Å²) in [5.41, 5.74) is 0. The Labute approximate surface area is 160 Å². The first kappa shape index (κ1) is 19.8. The van der Waals surface area contributed by atoms with Crippen molar-refractivity contribution in [2.75, 3.05) is 62.8 Å². The molecule has 2 fully saturated rings. The fourth-order valence-corrected chi connectivity index (χ4v) is 4.48. The first-order valence-corrected chi connectivity index (χ1v) is 11.2. The summed E-state index contributed by atoms with van der Waals surface area (Å²) in [7, 11) is -1.37. The van der Waals surface area contributed by atoms with Gasteiger partial charge < -0.3 is 15.1 Å². The summed E-state index contributed by atoms with van der Waals surface area (Å²) in [6.45, 7) is 3.51. The Kier molecular flexibility index (Phi) is 6.15. The molecule has 2 aliphatic heterocycles. The molecule has 10 heteroatoms. The molecule has 0 unspecified atom stereocenters. The Balaban J connectivity index is 1.46. The van der Waals surface area contributed by atoms with Gasteiger partial charge in [-0.05, 0) is 24.8 Å². The van der Waals surface area contributed by atoms with Crippen molar-refractivity contribution < 1.29 is 13.2 Å². The molecule has 0 aromatic carbocycles. The zero-order chi connectivity index (χ0) is 19.4. The van der Waals surface area contributed by atoms with Crippen LogP contribution in [0.15, 0.2) is 12.3 Å². The number of carbonyl (C=O) groups is 1. The molecular formula is C17H28N6O3S. The van der Waals surface area contributed by atoms with E-state index in [2.05, 4.69) is 20.2 Å². The summed E-state index contributed by atoms with van der Waals surface area (Å²) < 4.78 is 24.6. The van der Waals surface area contributed by atoms with Gasteiger partial charge in [0.1, 0.15) is 5.82 Å². The minimum absolute atomic E-state index is 0.140. The van der Waals surface area contributed by atoms with Crippen molar-refractivity contribution in [1.29, 1.82) is 0 Å². The van der Waals surface area contributed by atoms with Gasteiger partial charge in [0.05, 0.1) is 6.26 Å². The maximum atomic E-state index is 12.6. The van der Waals surface area contributed by atoms with Gasteiger partial charge in [-0.1, -0.05) is 0 Å². The molecule has 9 nitrogen and oxygen atoms in total. The van der Waals surface area contributed by atoms with Crippen LogP contribution in [0.25, 0.3) is 0 Å². The molecule has 1 aromatic rings. The van der Waals surface area contributed by atoms with Gasteiger partial charge in [-0.15, -0.1) is 0 Å². The number of sulfonamides is 1. The number of piperidine rings is 1. The normalized spacial score (nSPS) is 19.9. The molecule has 1 N–H and O–H groups in total. The molecular weight excluding hydrogens is 368 g/mol. The van der Waals surface area contributed by atoms with Gasteiger partial charge in [0.25, 0.3) is 0 Å². The number of aromatic nitrogens is 2. The van der Waals surface area contributed by atoms with Gasteiger partial charge in [-0.3, -0.25) is 4.79 Å². The number of nitrogens with one attached hydrogen (secondary N) is 1. The summed E-state index contributed by atoms with van der Waals surface area (Å²) in [5, 5.41) is 2.95. The summed E-state index contributed by atoms with van der Waals surface area (Å²) in [5.74, 6) is 2.03. The molecule has 2 aliphatic rings. The Morgan fingerprint density at radius 1 is 1.19 bits per heavy atom. The number of carbonyl (C=O) groups excluding carboxylic acids is 1. The maximum Gasteiger partial charge on any atom is 0.224 e. The highest BCUT2D eigenvalue weighted by atomic mass is 32.2. The van der Waals surface area contributed by atoms with Gasteiger partial charge in [-0.2, -0.15) is 9.29 Å². The zero-order valence-corrected chi connectivity index (χ0v) is 16.8. The van der Waals surface area contributed by atoms with Crippen molar-refractivity contribution in [3.8, 4) is 0 Å². The predicted octanol–water partition coefficient (Wildman–Crippen LogP) is 0.229. The number of piperazine rings is 1. The molecule has 0 spiro atoms. The molecule has 2 saturated heterocycles. The monoisotopic (exact) mass is 396 g/mol. The lowest BCUT2D eigenvalue weighted by Gasteiger charge is -2.36. The summed E-state index contributed by atoms with van der Waals surface area (Å²) >= 11 is 0. The highest BCUT2D eigenvalue weighted by Crippen LogP contribution is 2.25. The minimum Gasteiger partial charge on any atom is -0.357 e. The van der Waals surface area contributed by atoms with E-state index in [0.29, 0.717) is 44.5 Å². The average Bonchev–Trinajstić information content (AvgIpc) is 2.68. The smallest absolute Gasteiger partial charge is 0.224 e. The number of anilines is 2. The second-order valence-corrected chi connectivity index (χ2v) is 9.15. The summed E-state index contributed by atoms with van der Waals surface area (Å²) in [4.78, 5) is 25.2. The van der Waals surface area contributed by atoms with E-state index in [-0.39, 0.29) is 5.91 Å². The molecule has 150 valence electrons. The molecule has 3 heterocycles. The standard InChI is InChI=1S/C17H28N6O3S/c1-18-17-19-6-3-15(20-17)21-7-4-14(5-8-21)13-16(24)22-9-11-23(12-10-22)27(2,25)26/h3,6,14H,4-5,7-13H2,1-2H3,(H,18,19,20). The molecule has 1 aromatic heterocycles. The highest BCUT2D eigenvalue weighted by molar-refractivity contribution is 7.88. The first-order chi connectivity index (χ1) is 12.9. The van der Waals surface area contributed by atoms with Gasteiger partial charge in [-0.25, -0.2) is 13.4 Å². The molecule has 0 atom stereocenters. The molecule has 1 amide bonds. The SMILES string of the molecule is CNc1nccc(N2CCC(CC(=O)N3CCN(S(C)(=O)=O)CC3)CC2)n1. The van der Waals surface area contributed by atoms with Crippen LogP contribution in [-0.2, 0) is 14.8 Å². The molecule has 0 radical (unpaired) electrons. The lowest BCUT2D eigenvalue weighted by molar-refractivity contribution is -0.133. The molecule has 3 rings (SSSR count). The average molecular weight is 397 g/mol. The van der Waals surface area contributed by atoms with E-state index in [1.54, 1.807) is 18.1 Å². The molecule has 0 saturated carbocycles. The van der Waals surface area contributed by atoms with Crippen molar-refractivity contribution in [2.45, 2.75) is 19.3 Å². The number of amides is 1. The van der Waals surface area contributed by atoms with Crippen molar-refractivity contribution in [3.63, 3.8) is 0 Å². The van der Waals surface area contributed by atoms with E-state index in [4.69, 9.17) is 0 Å².